The molecule has 0 fully saturated rings. The summed E-state index contributed by atoms with van der Waals surface area (Å²) < 4.78 is 39.2. The molecule has 0 bridgehead atoms. The highest BCUT2D eigenvalue weighted by molar-refractivity contribution is 9.10. The van der Waals surface area contributed by atoms with Crippen molar-refractivity contribution in [3.63, 3.8) is 0 Å². The molecule has 1 aliphatic heterocycles. The number of fused-ring (bicyclic) bond motifs is 5. The lowest BCUT2D eigenvalue weighted by Crippen LogP contribution is -2.41. The first kappa shape index (κ1) is 24.4. The standard InChI is InChI=1S/C26H18BrClF3N3O2/c27-16-5-8-21-19(9-16)20-11-24(36)34(22-10-17(28)6-7-18(22)25(20)33-21)13-23(35)32-12-14-1-3-15(4-2-14)26(29,30)31/h1-10,33H,11-13H2,(H,32,35). The van der Waals surface area contributed by atoms with Gasteiger partial charge in [0.1, 0.15) is 6.54 Å². The summed E-state index contributed by atoms with van der Waals surface area (Å²) in [5.74, 6) is -0.727. The van der Waals surface area contributed by atoms with Gasteiger partial charge in [0.05, 0.1) is 23.4 Å². The molecule has 184 valence electrons. The van der Waals surface area contributed by atoms with Crippen molar-refractivity contribution in [1.29, 1.82) is 0 Å². The van der Waals surface area contributed by atoms with Gasteiger partial charge >= 0.3 is 6.18 Å². The first-order chi connectivity index (χ1) is 17.1. The number of anilines is 1. The zero-order valence-corrected chi connectivity index (χ0v) is 20.9. The zero-order valence-electron chi connectivity index (χ0n) is 18.5. The lowest BCUT2D eigenvalue weighted by molar-refractivity contribution is -0.137. The summed E-state index contributed by atoms with van der Waals surface area (Å²) in [7, 11) is 0. The first-order valence-corrected chi connectivity index (χ1v) is 12.1. The Balaban J connectivity index is 1.40. The maximum absolute atomic E-state index is 13.4. The molecular weight excluding hydrogens is 559 g/mol. The molecule has 36 heavy (non-hydrogen) atoms. The Hall–Kier alpha value is -3.30. The number of carbonyl (C=O) groups excluding carboxylic acids is 2. The van der Waals surface area contributed by atoms with E-state index < -0.39 is 17.6 Å². The average molecular weight is 577 g/mol. The van der Waals surface area contributed by atoms with Crippen LogP contribution in [0.1, 0.15) is 16.7 Å². The Bertz CT molecular complexity index is 1500. The van der Waals surface area contributed by atoms with Gasteiger partial charge in [-0.25, -0.2) is 0 Å². The molecule has 0 spiro atoms. The number of aromatic amines is 1. The minimum absolute atomic E-state index is 0.0269. The second-order valence-corrected chi connectivity index (χ2v) is 9.81. The van der Waals surface area contributed by atoms with E-state index in [0.29, 0.717) is 16.3 Å². The maximum atomic E-state index is 13.4. The SMILES string of the molecule is O=C(CN1C(=O)Cc2c([nH]c3ccc(Br)cc23)-c2ccc(Cl)cc21)NCc1ccc(C(F)(F)F)cc1. The third kappa shape index (κ3) is 4.73. The number of hydrogen-bond donors (Lipinski definition) is 2. The van der Waals surface area contributed by atoms with Gasteiger partial charge in [-0.2, -0.15) is 13.2 Å². The fourth-order valence-corrected chi connectivity index (χ4v) is 4.87. The van der Waals surface area contributed by atoms with Crippen molar-refractivity contribution < 1.29 is 22.8 Å². The normalized spacial score (nSPS) is 13.4. The van der Waals surface area contributed by atoms with Gasteiger partial charge in [0.2, 0.25) is 11.8 Å². The quantitative estimate of drug-likeness (QED) is 0.292. The Kier molecular flexibility index (Phi) is 6.30. The van der Waals surface area contributed by atoms with Crippen LogP contribution in [-0.4, -0.2) is 23.3 Å². The predicted octanol–water partition coefficient (Wildman–Crippen LogP) is 6.48. The van der Waals surface area contributed by atoms with E-state index in [2.05, 4.69) is 26.2 Å². The first-order valence-electron chi connectivity index (χ1n) is 10.9. The maximum Gasteiger partial charge on any atom is 0.416 e. The van der Waals surface area contributed by atoms with E-state index in [1.54, 1.807) is 12.1 Å². The number of amides is 2. The number of benzene rings is 3. The fraction of sp³-hybridized carbons (Fsp3) is 0.154. The van der Waals surface area contributed by atoms with Crippen molar-refractivity contribution >= 4 is 55.9 Å². The predicted molar refractivity (Wildman–Crippen MR) is 136 cm³/mol. The molecule has 1 aliphatic rings. The van der Waals surface area contributed by atoms with Crippen molar-refractivity contribution in [3.8, 4) is 11.3 Å². The third-order valence-corrected chi connectivity index (χ3v) is 6.82. The Morgan fingerprint density at radius 1 is 1.08 bits per heavy atom. The zero-order chi connectivity index (χ0) is 25.6. The third-order valence-electron chi connectivity index (χ3n) is 6.09. The van der Waals surface area contributed by atoms with Gasteiger partial charge in [0.25, 0.3) is 0 Å². The molecule has 2 N–H and O–H groups in total. The van der Waals surface area contributed by atoms with Crippen LogP contribution in [0.15, 0.2) is 65.1 Å². The van der Waals surface area contributed by atoms with Crippen molar-refractivity contribution in [2.24, 2.45) is 0 Å². The highest BCUT2D eigenvalue weighted by Gasteiger charge is 2.31. The highest BCUT2D eigenvalue weighted by atomic mass is 79.9. The number of aromatic nitrogens is 1. The van der Waals surface area contributed by atoms with Crippen LogP contribution in [0.4, 0.5) is 18.9 Å². The van der Waals surface area contributed by atoms with Gasteiger partial charge in [-0.05, 0) is 59.7 Å². The molecule has 0 aliphatic carbocycles. The topological polar surface area (TPSA) is 65.2 Å². The van der Waals surface area contributed by atoms with E-state index in [1.807, 2.05) is 24.3 Å². The molecule has 10 heteroatoms. The highest BCUT2D eigenvalue weighted by Crippen LogP contribution is 2.41. The second kappa shape index (κ2) is 9.29. The van der Waals surface area contributed by atoms with Crippen LogP contribution < -0.4 is 10.2 Å². The molecule has 0 saturated heterocycles. The molecular formula is C26H18BrClF3N3O2. The lowest BCUT2D eigenvalue weighted by Gasteiger charge is -2.23. The van der Waals surface area contributed by atoms with E-state index in [0.717, 1.165) is 44.3 Å². The molecule has 0 saturated carbocycles. The van der Waals surface area contributed by atoms with Crippen molar-refractivity contribution in [3.05, 3.63) is 86.8 Å². The van der Waals surface area contributed by atoms with E-state index in [4.69, 9.17) is 11.6 Å². The number of hydrogen-bond acceptors (Lipinski definition) is 2. The molecule has 2 amide bonds. The summed E-state index contributed by atoms with van der Waals surface area (Å²) in [6, 6.07) is 15.5. The molecule has 4 aromatic rings. The molecule has 1 aromatic heterocycles. The number of H-pyrrole nitrogens is 1. The van der Waals surface area contributed by atoms with Crippen molar-refractivity contribution in [1.82, 2.24) is 10.3 Å². The molecule has 0 atom stereocenters. The molecule has 3 aromatic carbocycles. The van der Waals surface area contributed by atoms with Crippen LogP contribution in [0.2, 0.25) is 5.02 Å². The monoisotopic (exact) mass is 575 g/mol. The van der Waals surface area contributed by atoms with Crippen LogP contribution in [0.5, 0.6) is 0 Å². The van der Waals surface area contributed by atoms with Crippen LogP contribution in [-0.2, 0) is 28.7 Å². The van der Waals surface area contributed by atoms with Crippen LogP contribution >= 0.6 is 27.5 Å². The van der Waals surface area contributed by atoms with E-state index in [9.17, 15) is 22.8 Å². The minimum atomic E-state index is -4.43. The van der Waals surface area contributed by atoms with Gasteiger partial charge in [-0.1, -0.05) is 39.7 Å². The van der Waals surface area contributed by atoms with Gasteiger partial charge in [0.15, 0.2) is 0 Å². The van der Waals surface area contributed by atoms with Crippen LogP contribution in [0.25, 0.3) is 22.2 Å². The van der Waals surface area contributed by atoms with E-state index in [1.165, 1.54) is 17.0 Å². The number of carbonyl (C=O) groups is 2. The average Bonchev–Trinajstić information content (AvgIpc) is 3.12. The van der Waals surface area contributed by atoms with Crippen molar-refractivity contribution in [2.45, 2.75) is 19.1 Å². The summed E-state index contributed by atoms with van der Waals surface area (Å²) >= 11 is 9.74. The van der Waals surface area contributed by atoms with Gasteiger partial charge in [0, 0.05) is 32.5 Å². The summed E-state index contributed by atoms with van der Waals surface area (Å²) in [6.07, 6.45) is -4.35. The van der Waals surface area contributed by atoms with Crippen molar-refractivity contribution in [2.75, 3.05) is 11.4 Å². The fourth-order valence-electron chi connectivity index (χ4n) is 4.34. The number of halogens is 5. The number of rotatable bonds is 4. The number of alkyl halides is 3. The van der Waals surface area contributed by atoms with Gasteiger partial charge in [-0.15, -0.1) is 0 Å². The summed E-state index contributed by atoms with van der Waals surface area (Å²) in [5, 5.41) is 4.00. The second-order valence-electron chi connectivity index (χ2n) is 8.46. The Morgan fingerprint density at radius 3 is 2.56 bits per heavy atom. The molecule has 5 rings (SSSR count). The van der Waals surface area contributed by atoms with Crippen LogP contribution in [0.3, 0.4) is 0 Å². The van der Waals surface area contributed by atoms with E-state index in [-0.39, 0.29) is 25.4 Å². The molecule has 5 nitrogen and oxygen atoms in total. The Morgan fingerprint density at radius 2 is 1.83 bits per heavy atom. The largest absolute Gasteiger partial charge is 0.416 e. The smallest absolute Gasteiger partial charge is 0.354 e. The molecule has 0 unspecified atom stereocenters. The molecule has 0 radical (unpaired) electrons. The number of nitrogens with zero attached hydrogens (tertiary/aromatic N) is 1. The number of nitrogens with one attached hydrogen (secondary N) is 2. The minimum Gasteiger partial charge on any atom is -0.354 e. The Labute approximate surface area is 217 Å². The van der Waals surface area contributed by atoms with Gasteiger partial charge < -0.3 is 15.2 Å². The summed E-state index contributed by atoms with van der Waals surface area (Å²) in [6.45, 7) is -0.238. The summed E-state index contributed by atoms with van der Waals surface area (Å²) in [5.41, 5.74) is 3.49. The lowest BCUT2D eigenvalue weighted by atomic mass is 10.0. The van der Waals surface area contributed by atoms with Crippen LogP contribution in [0, 0.1) is 0 Å². The van der Waals surface area contributed by atoms with Gasteiger partial charge in [-0.3, -0.25) is 9.59 Å². The molecule has 2 heterocycles. The summed E-state index contributed by atoms with van der Waals surface area (Å²) in [4.78, 5) is 31.0. The van der Waals surface area contributed by atoms with E-state index >= 15 is 0 Å².